The van der Waals surface area contributed by atoms with Crippen LogP contribution < -0.4 is 5.32 Å². The van der Waals surface area contributed by atoms with Gasteiger partial charge in [0.05, 0.1) is 25.2 Å². The van der Waals surface area contributed by atoms with Gasteiger partial charge in [-0.1, -0.05) is 29.8 Å². The highest BCUT2D eigenvalue weighted by atomic mass is 16.5. The summed E-state index contributed by atoms with van der Waals surface area (Å²) in [6.07, 6.45) is 0. The van der Waals surface area contributed by atoms with E-state index in [1.165, 1.54) is 11.1 Å². The maximum absolute atomic E-state index is 11.9. The van der Waals surface area contributed by atoms with Crippen molar-refractivity contribution in [3.05, 3.63) is 35.4 Å². The Balaban J connectivity index is 1.71. The SMILES string of the molecule is Cc1ccc(CN2C[C@H]3COC[C@@H](C2)C(=O)N3)cc1. The molecule has 1 aromatic carbocycles. The summed E-state index contributed by atoms with van der Waals surface area (Å²) in [6.45, 7) is 5.84. The quantitative estimate of drug-likeness (QED) is 0.860. The lowest BCUT2D eigenvalue weighted by Gasteiger charge is -2.27. The van der Waals surface area contributed by atoms with E-state index < -0.39 is 0 Å². The molecular formula is C15H20N2O2. The van der Waals surface area contributed by atoms with Crippen molar-refractivity contribution in [2.75, 3.05) is 26.3 Å². The van der Waals surface area contributed by atoms with E-state index in [1.807, 2.05) is 0 Å². The van der Waals surface area contributed by atoms with Crippen LogP contribution in [0.4, 0.5) is 0 Å². The van der Waals surface area contributed by atoms with Crippen LogP contribution in [-0.4, -0.2) is 43.2 Å². The van der Waals surface area contributed by atoms with Crippen molar-refractivity contribution >= 4 is 5.91 Å². The molecule has 2 aliphatic rings. The summed E-state index contributed by atoms with van der Waals surface area (Å²) in [5, 5.41) is 3.06. The summed E-state index contributed by atoms with van der Waals surface area (Å²) in [5.74, 6) is 0.117. The number of nitrogens with zero attached hydrogens (tertiary/aromatic N) is 1. The Hall–Kier alpha value is -1.39. The van der Waals surface area contributed by atoms with Gasteiger partial charge in [0, 0.05) is 19.6 Å². The number of carbonyl (C=O) groups excluding carboxylic acids is 1. The Bertz CT molecular complexity index is 458. The van der Waals surface area contributed by atoms with Crippen LogP contribution in [-0.2, 0) is 16.1 Å². The van der Waals surface area contributed by atoms with E-state index in [4.69, 9.17) is 4.74 Å². The zero-order valence-corrected chi connectivity index (χ0v) is 11.3. The highest BCUT2D eigenvalue weighted by Gasteiger charge is 2.32. The minimum absolute atomic E-state index is 0.0297. The fourth-order valence-corrected chi connectivity index (χ4v) is 2.80. The van der Waals surface area contributed by atoms with Crippen molar-refractivity contribution in [3.63, 3.8) is 0 Å². The molecule has 1 N–H and O–H groups in total. The van der Waals surface area contributed by atoms with Gasteiger partial charge >= 0.3 is 0 Å². The predicted molar refractivity (Wildman–Crippen MR) is 72.7 cm³/mol. The molecule has 19 heavy (non-hydrogen) atoms. The molecule has 0 aliphatic carbocycles. The van der Waals surface area contributed by atoms with Crippen LogP contribution in [0.3, 0.4) is 0 Å². The van der Waals surface area contributed by atoms with Crippen LogP contribution >= 0.6 is 0 Å². The van der Waals surface area contributed by atoms with Gasteiger partial charge in [0.1, 0.15) is 0 Å². The number of fused-ring (bicyclic) bond motifs is 3. The number of benzene rings is 1. The molecule has 2 saturated heterocycles. The highest BCUT2D eigenvalue weighted by molar-refractivity contribution is 5.79. The van der Waals surface area contributed by atoms with Crippen LogP contribution in [0, 0.1) is 12.8 Å². The van der Waals surface area contributed by atoms with Crippen molar-refractivity contribution in [1.29, 1.82) is 0 Å². The third-order valence-electron chi connectivity index (χ3n) is 3.84. The summed E-state index contributed by atoms with van der Waals surface area (Å²) >= 11 is 0. The van der Waals surface area contributed by atoms with Crippen LogP contribution in [0.25, 0.3) is 0 Å². The Morgan fingerprint density at radius 3 is 2.84 bits per heavy atom. The first-order chi connectivity index (χ1) is 9.20. The van der Waals surface area contributed by atoms with Gasteiger partial charge in [-0.2, -0.15) is 0 Å². The Labute approximate surface area is 113 Å². The minimum Gasteiger partial charge on any atom is -0.378 e. The molecule has 0 spiro atoms. The molecule has 2 aliphatic heterocycles. The van der Waals surface area contributed by atoms with E-state index in [0.29, 0.717) is 13.2 Å². The molecule has 102 valence electrons. The molecule has 1 aromatic rings. The van der Waals surface area contributed by atoms with Crippen molar-refractivity contribution < 1.29 is 9.53 Å². The molecule has 3 rings (SSSR count). The van der Waals surface area contributed by atoms with Gasteiger partial charge in [-0.15, -0.1) is 0 Å². The molecule has 2 heterocycles. The van der Waals surface area contributed by atoms with Crippen molar-refractivity contribution in [1.82, 2.24) is 10.2 Å². The molecule has 0 unspecified atom stereocenters. The van der Waals surface area contributed by atoms with Crippen LogP contribution in [0.1, 0.15) is 11.1 Å². The topological polar surface area (TPSA) is 41.6 Å². The van der Waals surface area contributed by atoms with E-state index in [0.717, 1.165) is 19.6 Å². The molecule has 0 saturated carbocycles. The third-order valence-corrected chi connectivity index (χ3v) is 3.84. The fraction of sp³-hybridized carbons (Fsp3) is 0.533. The molecule has 2 fully saturated rings. The lowest BCUT2D eigenvalue weighted by molar-refractivity contribution is -0.125. The first-order valence-electron chi connectivity index (χ1n) is 6.87. The van der Waals surface area contributed by atoms with E-state index in [9.17, 15) is 4.79 Å². The zero-order chi connectivity index (χ0) is 13.2. The van der Waals surface area contributed by atoms with E-state index in [-0.39, 0.29) is 17.9 Å². The monoisotopic (exact) mass is 260 g/mol. The van der Waals surface area contributed by atoms with E-state index >= 15 is 0 Å². The Morgan fingerprint density at radius 2 is 2.05 bits per heavy atom. The second-order valence-electron chi connectivity index (χ2n) is 5.62. The number of amides is 1. The second kappa shape index (κ2) is 5.31. The molecule has 4 nitrogen and oxygen atoms in total. The first kappa shape index (κ1) is 12.6. The normalized spacial score (nSPS) is 27.7. The average Bonchev–Trinajstić information content (AvgIpc) is 2.61. The molecule has 2 bridgehead atoms. The number of hydrogen-bond acceptors (Lipinski definition) is 3. The Kier molecular flexibility index (Phi) is 3.53. The third kappa shape index (κ3) is 2.96. The van der Waals surface area contributed by atoms with Crippen LogP contribution in [0.15, 0.2) is 24.3 Å². The number of hydrogen-bond donors (Lipinski definition) is 1. The number of carbonyl (C=O) groups is 1. The summed E-state index contributed by atoms with van der Waals surface area (Å²) in [5.41, 5.74) is 2.58. The van der Waals surface area contributed by atoms with Gasteiger partial charge in [-0.25, -0.2) is 0 Å². The van der Waals surface area contributed by atoms with E-state index in [2.05, 4.69) is 41.4 Å². The summed E-state index contributed by atoms with van der Waals surface area (Å²) in [4.78, 5) is 14.3. The second-order valence-corrected chi connectivity index (χ2v) is 5.62. The highest BCUT2D eigenvalue weighted by Crippen LogP contribution is 2.16. The molecule has 0 aromatic heterocycles. The lowest BCUT2D eigenvalue weighted by atomic mass is 10.1. The number of aryl methyl sites for hydroxylation is 1. The minimum atomic E-state index is -0.0297. The van der Waals surface area contributed by atoms with Gasteiger partial charge in [-0.05, 0) is 12.5 Å². The number of nitrogens with one attached hydrogen (secondary N) is 1. The summed E-state index contributed by atoms with van der Waals surface area (Å²) in [6, 6.07) is 8.75. The number of rotatable bonds is 2. The predicted octanol–water partition coefficient (Wildman–Crippen LogP) is 0.942. The van der Waals surface area contributed by atoms with Crippen LogP contribution in [0.5, 0.6) is 0 Å². The standard InChI is InChI=1S/C15H20N2O2/c1-11-2-4-12(5-3-11)6-17-7-13-9-19-10-14(8-17)16-15(13)18/h2-5,13-14H,6-10H2,1H3,(H,16,18)/t13-,14+/m1/s1. The van der Waals surface area contributed by atoms with Gasteiger partial charge < -0.3 is 10.1 Å². The van der Waals surface area contributed by atoms with Crippen molar-refractivity contribution in [2.24, 2.45) is 5.92 Å². The molecule has 1 amide bonds. The Morgan fingerprint density at radius 1 is 1.26 bits per heavy atom. The maximum atomic E-state index is 11.9. The fourth-order valence-electron chi connectivity index (χ4n) is 2.80. The van der Waals surface area contributed by atoms with Crippen molar-refractivity contribution in [2.45, 2.75) is 19.5 Å². The van der Waals surface area contributed by atoms with Gasteiger partial charge in [0.25, 0.3) is 0 Å². The van der Waals surface area contributed by atoms with Crippen molar-refractivity contribution in [3.8, 4) is 0 Å². The smallest absolute Gasteiger partial charge is 0.227 e. The first-order valence-corrected chi connectivity index (χ1v) is 6.87. The summed E-state index contributed by atoms with van der Waals surface area (Å²) in [7, 11) is 0. The molecule has 4 heteroatoms. The summed E-state index contributed by atoms with van der Waals surface area (Å²) < 4.78 is 5.54. The molecule has 0 radical (unpaired) electrons. The zero-order valence-electron chi connectivity index (χ0n) is 11.3. The maximum Gasteiger partial charge on any atom is 0.227 e. The molecular weight excluding hydrogens is 240 g/mol. The van der Waals surface area contributed by atoms with Gasteiger partial charge in [-0.3, -0.25) is 9.69 Å². The lowest BCUT2D eigenvalue weighted by Crippen LogP contribution is -2.41. The number of ether oxygens (including phenoxy) is 1. The van der Waals surface area contributed by atoms with Gasteiger partial charge in [0.15, 0.2) is 0 Å². The largest absolute Gasteiger partial charge is 0.378 e. The van der Waals surface area contributed by atoms with E-state index in [1.54, 1.807) is 0 Å². The average molecular weight is 260 g/mol. The molecule has 2 atom stereocenters. The van der Waals surface area contributed by atoms with Crippen LogP contribution in [0.2, 0.25) is 0 Å². The van der Waals surface area contributed by atoms with Gasteiger partial charge in [0.2, 0.25) is 5.91 Å².